The molecule has 0 spiro atoms. The molecular weight excluding hydrogens is 340 g/mol. The Morgan fingerprint density at radius 1 is 1.04 bits per heavy atom. The van der Waals surface area contributed by atoms with Gasteiger partial charge in [-0.2, -0.15) is 10.2 Å². The van der Waals surface area contributed by atoms with Gasteiger partial charge in [0.15, 0.2) is 0 Å². The normalized spacial score (nSPS) is 13.0. The van der Waals surface area contributed by atoms with Crippen molar-refractivity contribution in [1.82, 2.24) is 10.2 Å². The van der Waals surface area contributed by atoms with E-state index in [9.17, 15) is 0 Å². The largest absolute Gasteiger partial charge is 0.155 e. The van der Waals surface area contributed by atoms with Crippen LogP contribution in [0.3, 0.4) is 0 Å². The summed E-state index contributed by atoms with van der Waals surface area (Å²) in [5.74, 6) is 0. The maximum absolute atomic E-state index is 4.38. The summed E-state index contributed by atoms with van der Waals surface area (Å²) in [7, 11) is 0. The Morgan fingerprint density at radius 2 is 1.86 bits per heavy atom. The minimum Gasteiger partial charge on any atom is -0.155 e. The van der Waals surface area contributed by atoms with Crippen LogP contribution in [0, 0.1) is 6.92 Å². The second-order valence-electron chi connectivity index (χ2n) is 7.12. The Hall–Kier alpha value is -2.74. The molecule has 0 N–H and O–H groups in total. The number of aryl methyl sites for hydroxylation is 2. The number of hydrogen-bond donors (Lipinski definition) is 0. The molecule has 146 valence electrons. The van der Waals surface area contributed by atoms with E-state index in [4.69, 9.17) is 0 Å². The van der Waals surface area contributed by atoms with E-state index in [0.29, 0.717) is 0 Å². The molecule has 0 aliphatic heterocycles. The standard InChI is InChI=1S/C26H32N2/c1-6-12-24-19-23(16-17-25(24)26-18-15-22(5)27-28-26)21(4)14-11-9-8-10-13-20(3)7-2/h7-10,13-19H,6,11-12H2,1-5H3/b9-8-,13-10-,20-7-,21-14+. The average molecular weight is 373 g/mol. The van der Waals surface area contributed by atoms with Gasteiger partial charge < -0.3 is 0 Å². The maximum Gasteiger partial charge on any atom is 0.0932 e. The molecule has 0 saturated carbocycles. The number of benzene rings is 1. The first-order valence-electron chi connectivity index (χ1n) is 10.1. The van der Waals surface area contributed by atoms with E-state index in [1.54, 1.807) is 0 Å². The SMILES string of the molecule is C\C=C(C)/C=C\C=C/C/C=C(\C)c1ccc(-c2ccc(C)nn2)c(CCC)c1. The highest BCUT2D eigenvalue weighted by Gasteiger charge is 2.08. The summed E-state index contributed by atoms with van der Waals surface area (Å²) in [5.41, 5.74) is 8.28. The van der Waals surface area contributed by atoms with Crippen LogP contribution < -0.4 is 0 Å². The van der Waals surface area contributed by atoms with Crippen LogP contribution in [0.25, 0.3) is 16.8 Å². The summed E-state index contributed by atoms with van der Waals surface area (Å²) in [5, 5.41) is 8.60. The first-order chi connectivity index (χ1) is 13.5. The van der Waals surface area contributed by atoms with E-state index in [-0.39, 0.29) is 0 Å². The van der Waals surface area contributed by atoms with Crippen molar-refractivity contribution >= 4 is 5.57 Å². The zero-order chi connectivity index (χ0) is 20.4. The molecule has 0 saturated heterocycles. The van der Waals surface area contributed by atoms with Gasteiger partial charge in [-0.05, 0) is 69.4 Å². The van der Waals surface area contributed by atoms with Gasteiger partial charge in [-0.15, -0.1) is 0 Å². The van der Waals surface area contributed by atoms with E-state index < -0.39 is 0 Å². The van der Waals surface area contributed by atoms with Crippen molar-refractivity contribution in [2.75, 3.05) is 0 Å². The zero-order valence-corrected chi connectivity index (χ0v) is 17.9. The first-order valence-corrected chi connectivity index (χ1v) is 10.1. The van der Waals surface area contributed by atoms with Gasteiger partial charge in [0, 0.05) is 5.56 Å². The monoisotopic (exact) mass is 372 g/mol. The van der Waals surface area contributed by atoms with Crippen LogP contribution in [-0.2, 0) is 6.42 Å². The molecule has 0 atom stereocenters. The number of allylic oxidation sites excluding steroid dienone is 8. The molecule has 0 radical (unpaired) electrons. The third-order valence-electron chi connectivity index (χ3n) is 4.78. The molecular formula is C26H32N2. The summed E-state index contributed by atoms with van der Waals surface area (Å²) in [6, 6.07) is 10.8. The quantitative estimate of drug-likeness (QED) is 0.455. The number of nitrogens with zero attached hydrogens (tertiary/aromatic N) is 2. The fourth-order valence-corrected chi connectivity index (χ4v) is 2.93. The van der Waals surface area contributed by atoms with Gasteiger partial charge in [0.1, 0.15) is 0 Å². The van der Waals surface area contributed by atoms with Gasteiger partial charge in [0.2, 0.25) is 0 Å². The lowest BCUT2D eigenvalue weighted by Gasteiger charge is -2.11. The number of aromatic nitrogens is 2. The average Bonchev–Trinajstić information content (AvgIpc) is 2.71. The summed E-state index contributed by atoms with van der Waals surface area (Å²) in [6.45, 7) is 10.5. The third-order valence-corrected chi connectivity index (χ3v) is 4.78. The Bertz CT molecular complexity index is 881. The molecule has 2 heteroatoms. The lowest BCUT2D eigenvalue weighted by Crippen LogP contribution is -1.96. The molecule has 1 aromatic carbocycles. The summed E-state index contributed by atoms with van der Waals surface area (Å²) < 4.78 is 0. The van der Waals surface area contributed by atoms with Crippen LogP contribution in [-0.4, -0.2) is 10.2 Å². The smallest absolute Gasteiger partial charge is 0.0932 e. The molecule has 0 unspecified atom stereocenters. The van der Waals surface area contributed by atoms with Crippen LogP contribution in [0.5, 0.6) is 0 Å². The van der Waals surface area contributed by atoms with Crippen molar-refractivity contribution in [3.63, 3.8) is 0 Å². The van der Waals surface area contributed by atoms with Crippen LogP contribution in [0.15, 0.2) is 72.4 Å². The third kappa shape index (κ3) is 6.45. The highest BCUT2D eigenvalue weighted by molar-refractivity contribution is 5.71. The molecule has 0 aliphatic carbocycles. The summed E-state index contributed by atoms with van der Waals surface area (Å²) in [6.07, 6.45) is 16.0. The molecule has 0 amide bonds. The lowest BCUT2D eigenvalue weighted by molar-refractivity contribution is 0.917. The Kier molecular flexibility index (Phi) is 8.61. The van der Waals surface area contributed by atoms with Crippen molar-refractivity contribution in [3.8, 4) is 11.3 Å². The summed E-state index contributed by atoms with van der Waals surface area (Å²) in [4.78, 5) is 0. The highest BCUT2D eigenvalue weighted by atomic mass is 15.1. The van der Waals surface area contributed by atoms with E-state index >= 15 is 0 Å². The molecule has 0 bridgehead atoms. The Balaban J connectivity index is 2.16. The van der Waals surface area contributed by atoms with Gasteiger partial charge in [0.25, 0.3) is 0 Å². The minimum atomic E-state index is 0.930. The fraction of sp³-hybridized carbons (Fsp3) is 0.308. The lowest BCUT2D eigenvalue weighted by atomic mass is 9.95. The predicted molar refractivity (Wildman–Crippen MR) is 122 cm³/mol. The van der Waals surface area contributed by atoms with Crippen LogP contribution in [0.4, 0.5) is 0 Å². The summed E-state index contributed by atoms with van der Waals surface area (Å²) >= 11 is 0. The number of rotatable bonds is 8. The maximum atomic E-state index is 4.38. The van der Waals surface area contributed by atoms with Crippen LogP contribution in [0.2, 0.25) is 0 Å². The zero-order valence-electron chi connectivity index (χ0n) is 17.9. The van der Waals surface area contributed by atoms with Gasteiger partial charge in [0.05, 0.1) is 11.4 Å². The van der Waals surface area contributed by atoms with Crippen molar-refractivity contribution in [2.24, 2.45) is 0 Å². The molecule has 1 aromatic heterocycles. The van der Waals surface area contributed by atoms with Crippen molar-refractivity contribution < 1.29 is 0 Å². The minimum absolute atomic E-state index is 0.930. The van der Waals surface area contributed by atoms with Gasteiger partial charge >= 0.3 is 0 Å². The van der Waals surface area contributed by atoms with Crippen molar-refractivity contribution in [2.45, 2.75) is 53.9 Å². The van der Waals surface area contributed by atoms with Crippen molar-refractivity contribution in [1.29, 1.82) is 0 Å². The molecule has 2 rings (SSSR count). The molecule has 2 nitrogen and oxygen atoms in total. The molecule has 1 heterocycles. The van der Waals surface area contributed by atoms with E-state index in [1.807, 2.05) is 13.0 Å². The highest BCUT2D eigenvalue weighted by Crippen LogP contribution is 2.27. The second-order valence-corrected chi connectivity index (χ2v) is 7.12. The van der Waals surface area contributed by atoms with Crippen LogP contribution >= 0.6 is 0 Å². The predicted octanol–water partition coefficient (Wildman–Crippen LogP) is 7.28. The van der Waals surface area contributed by atoms with Gasteiger partial charge in [-0.25, -0.2) is 0 Å². The van der Waals surface area contributed by atoms with E-state index in [0.717, 1.165) is 30.7 Å². The molecule has 2 aromatic rings. The van der Waals surface area contributed by atoms with Gasteiger partial charge in [-0.1, -0.05) is 73.6 Å². The first kappa shape index (κ1) is 21.6. The second kappa shape index (κ2) is 11.2. The molecule has 28 heavy (non-hydrogen) atoms. The number of hydrogen-bond acceptors (Lipinski definition) is 2. The van der Waals surface area contributed by atoms with Crippen molar-refractivity contribution in [3.05, 3.63) is 89.2 Å². The Labute approximate surface area is 170 Å². The topological polar surface area (TPSA) is 25.8 Å². The van der Waals surface area contributed by atoms with E-state index in [1.165, 1.54) is 27.8 Å². The Morgan fingerprint density at radius 3 is 2.54 bits per heavy atom. The molecule has 0 fully saturated rings. The van der Waals surface area contributed by atoms with E-state index in [2.05, 4.69) is 98.6 Å². The fourth-order valence-electron chi connectivity index (χ4n) is 2.93. The van der Waals surface area contributed by atoms with Crippen LogP contribution in [0.1, 0.15) is 57.4 Å². The molecule has 0 aliphatic rings. The van der Waals surface area contributed by atoms with Gasteiger partial charge in [-0.3, -0.25) is 0 Å².